The van der Waals surface area contributed by atoms with Crippen LogP contribution in [0, 0.1) is 0 Å². The van der Waals surface area contributed by atoms with Crippen LogP contribution in [0.25, 0.3) is 11.3 Å². The Morgan fingerprint density at radius 2 is 1.39 bits per heavy atom. The van der Waals surface area contributed by atoms with Gasteiger partial charge >= 0.3 is 0 Å². The van der Waals surface area contributed by atoms with E-state index < -0.39 is 0 Å². The average molecular weight is 241 g/mol. The quantitative estimate of drug-likeness (QED) is 0.823. The SMILES string of the molecule is CN(C)c1ccc(-c2cc(N(C)C)ccn2)cc1. The molecule has 0 aliphatic rings. The summed E-state index contributed by atoms with van der Waals surface area (Å²) in [5.41, 5.74) is 4.51. The predicted molar refractivity (Wildman–Crippen MR) is 78.3 cm³/mol. The highest BCUT2D eigenvalue weighted by Crippen LogP contribution is 2.23. The van der Waals surface area contributed by atoms with Gasteiger partial charge in [0, 0.05) is 51.3 Å². The van der Waals surface area contributed by atoms with E-state index in [9.17, 15) is 0 Å². The summed E-state index contributed by atoms with van der Waals surface area (Å²) in [6, 6.07) is 12.6. The Kier molecular flexibility index (Phi) is 3.51. The maximum absolute atomic E-state index is 4.43. The maximum atomic E-state index is 4.43. The van der Waals surface area contributed by atoms with Gasteiger partial charge in [0.05, 0.1) is 5.69 Å². The molecular weight excluding hydrogens is 222 g/mol. The van der Waals surface area contributed by atoms with Crippen molar-refractivity contribution < 1.29 is 0 Å². The van der Waals surface area contributed by atoms with Crippen molar-refractivity contribution in [1.82, 2.24) is 4.98 Å². The molecule has 18 heavy (non-hydrogen) atoms. The molecule has 0 radical (unpaired) electrons. The van der Waals surface area contributed by atoms with Crippen molar-refractivity contribution in [3.05, 3.63) is 42.6 Å². The average Bonchev–Trinajstić information content (AvgIpc) is 2.39. The number of hydrogen-bond acceptors (Lipinski definition) is 3. The van der Waals surface area contributed by atoms with Gasteiger partial charge in [0.25, 0.3) is 0 Å². The van der Waals surface area contributed by atoms with Crippen molar-refractivity contribution in [1.29, 1.82) is 0 Å². The van der Waals surface area contributed by atoms with Crippen molar-refractivity contribution in [2.24, 2.45) is 0 Å². The lowest BCUT2D eigenvalue weighted by Crippen LogP contribution is -2.09. The lowest BCUT2D eigenvalue weighted by Gasteiger charge is -2.14. The Morgan fingerprint density at radius 1 is 0.778 bits per heavy atom. The zero-order valence-corrected chi connectivity index (χ0v) is 11.4. The summed E-state index contributed by atoms with van der Waals surface area (Å²) in [5, 5.41) is 0. The molecule has 0 aliphatic carbocycles. The number of hydrogen-bond donors (Lipinski definition) is 0. The number of anilines is 2. The molecule has 3 heteroatoms. The molecule has 0 saturated heterocycles. The van der Waals surface area contributed by atoms with Gasteiger partial charge in [-0.25, -0.2) is 0 Å². The molecule has 0 atom stereocenters. The van der Waals surface area contributed by atoms with E-state index in [0.29, 0.717) is 0 Å². The van der Waals surface area contributed by atoms with E-state index in [1.165, 1.54) is 5.69 Å². The topological polar surface area (TPSA) is 19.4 Å². The number of nitrogens with zero attached hydrogens (tertiary/aromatic N) is 3. The normalized spacial score (nSPS) is 10.2. The predicted octanol–water partition coefficient (Wildman–Crippen LogP) is 2.88. The first-order valence-corrected chi connectivity index (χ1v) is 5.99. The molecule has 2 rings (SSSR count). The third-order valence-electron chi connectivity index (χ3n) is 2.94. The maximum Gasteiger partial charge on any atom is 0.0722 e. The second-order valence-corrected chi connectivity index (χ2v) is 4.74. The van der Waals surface area contributed by atoms with Crippen LogP contribution in [0.4, 0.5) is 11.4 Å². The van der Waals surface area contributed by atoms with E-state index in [1.807, 2.05) is 40.5 Å². The minimum atomic E-state index is 1.01. The summed E-state index contributed by atoms with van der Waals surface area (Å²) in [6.45, 7) is 0. The lowest BCUT2D eigenvalue weighted by molar-refractivity contribution is 1.12. The molecule has 1 aromatic heterocycles. The Morgan fingerprint density at radius 3 is 1.94 bits per heavy atom. The van der Waals surface area contributed by atoms with E-state index in [0.717, 1.165) is 16.9 Å². The molecule has 0 amide bonds. The van der Waals surface area contributed by atoms with Gasteiger partial charge in [0.2, 0.25) is 0 Å². The highest BCUT2D eigenvalue weighted by atomic mass is 15.1. The molecule has 0 unspecified atom stereocenters. The number of pyridine rings is 1. The van der Waals surface area contributed by atoms with Crippen LogP contribution in [0.1, 0.15) is 0 Å². The third kappa shape index (κ3) is 2.62. The second-order valence-electron chi connectivity index (χ2n) is 4.74. The van der Waals surface area contributed by atoms with Crippen LogP contribution in [0.15, 0.2) is 42.6 Å². The van der Waals surface area contributed by atoms with Crippen molar-refractivity contribution in [2.45, 2.75) is 0 Å². The molecule has 0 aliphatic heterocycles. The summed E-state index contributed by atoms with van der Waals surface area (Å²) in [5.74, 6) is 0. The first kappa shape index (κ1) is 12.4. The summed E-state index contributed by atoms with van der Waals surface area (Å²) in [7, 11) is 8.16. The zero-order valence-electron chi connectivity index (χ0n) is 11.4. The third-order valence-corrected chi connectivity index (χ3v) is 2.94. The number of benzene rings is 1. The summed E-state index contributed by atoms with van der Waals surface area (Å²) in [4.78, 5) is 8.60. The molecule has 0 fully saturated rings. The van der Waals surface area contributed by atoms with Crippen LogP contribution >= 0.6 is 0 Å². The Bertz CT molecular complexity index is 516. The fourth-order valence-corrected chi connectivity index (χ4v) is 1.79. The van der Waals surface area contributed by atoms with E-state index >= 15 is 0 Å². The van der Waals surface area contributed by atoms with Crippen LogP contribution in [-0.4, -0.2) is 33.2 Å². The van der Waals surface area contributed by atoms with E-state index in [1.54, 1.807) is 0 Å². The van der Waals surface area contributed by atoms with Gasteiger partial charge in [-0.1, -0.05) is 12.1 Å². The van der Waals surface area contributed by atoms with Gasteiger partial charge < -0.3 is 9.80 Å². The Balaban J connectivity index is 2.33. The standard InChI is InChI=1S/C15H19N3/c1-17(2)13-7-5-12(6-8-13)15-11-14(18(3)4)9-10-16-15/h5-11H,1-4H3. The van der Waals surface area contributed by atoms with Gasteiger partial charge in [0.15, 0.2) is 0 Å². The molecule has 0 saturated carbocycles. The van der Waals surface area contributed by atoms with Crippen LogP contribution in [-0.2, 0) is 0 Å². The second kappa shape index (κ2) is 5.08. The van der Waals surface area contributed by atoms with Crippen LogP contribution < -0.4 is 9.80 Å². The molecule has 2 aromatic rings. The highest BCUT2D eigenvalue weighted by Gasteiger charge is 2.03. The zero-order chi connectivity index (χ0) is 13.1. The molecule has 0 N–H and O–H groups in total. The van der Waals surface area contributed by atoms with Crippen LogP contribution in [0.2, 0.25) is 0 Å². The smallest absolute Gasteiger partial charge is 0.0722 e. The fraction of sp³-hybridized carbons (Fsp3) is 0.267. The number of aromatic nitrogens is 1. The summed E-state index contributed by atoms with van der Waals surface area (Å²) < 4.78 is 0. The molecule has 0 bridgehead atoms. The van der Waals surface area contributed by atoms with Crippen molar-refractivity contribution in [3.63, 3.8) is 0 Å². The van der Waals surface area contributed by atoms with E-state index in [-0.39, 0.29) is 0 Å². The first-order chi connectivity index (χ1) is 8.58. The van der Waals surface area contributed by atoms with Crippen molar-refractivity contribution >= 4 is 11.4 Å². The minimum absolute atomic E-state index is 1.01. The molecule has 0 spiro atoms. The monoisotopic (exact) mass is 241 g/mol. The fourth-order valence-electron chi connectivity index (χ4n) is 1.79. The minimum Gasteiger partial charge on any atom is -0.378 e. The molecule has 1 aromatic carbocycles. The summed E-state index contributed by atoms with van der Waals surface area (Å²) in [6.07, 6.45) is 1.85. The first-order valence-electron chi connectivity index (χ1n) is 5.99. The summed E-state index contributed by atoms with van der Waals surface area (Å²) >= 11 is 0. The van der Waals surface area contributed by atoms with Gasteiger partial charge in [0.1, 0.15) is 0 Å². The lowest BCUT2D eigenvalue weighted by atomic mass is 10.1. The van der Waals surface area contributed by atoms with Crippen molar-refractivity contribution in [2.75, 3.05) is 38.0 Å². The molecule has 3 nitrogen and oxygen atoms in total. The van der Waals surface area contributed by atoms with Crippen LogP contribution in [0.3, 0.4) is 0 Å². The van der Waals surface area contributed by atoms with Crippen LogP contribution in [0.5, 0.6) is 0 Å². The Hall–Kier alpha value is -2.03. The van der Waals surface area contributed by atoms with E-state index in [4.69, 9.17) is 0 Å². The Labute approximate surface area is 109 Å². The highest BCUT2D eigenvalue weighted by molar-refractivity contribution is 5.66. The van der Waals surface area contributed by atoms with Gasteiger partial charge in [-0.05, 0) is 24.3 Å². The van der Waals surface area contributed by atoms with Crippen molar-refractivity contribution in [3.8, 4) is 11.3 Å². The van der Waals surface area contributed by atoms with Gasteiger partial charge in [-0.3, -0.25) is 4.98 Å². The van der Waals surface area contributed by atoms with E-state index in [2.05, 4.69) is 45.1 Å². The molecule has 94 valence electrons. The molecular formula is C15H19N3. The van der Waals surface area contributed by atoms with Gasteiger partial charge in [-0.15, -0.1) is 0 Å². The molecule has 1 heterocycles. The largest absolute Gasteiger partial charge is 0.378 e. The number of rotatable bonds is 3. The van der Waals surface area contributed by atoms with Gasteiger partial charge in [-0.2, -0.15) is 0 Å².